The number of carbonyl (C=O) groups excluding carboxylic acids is 1. The standard InChI is InChI=1S/C21H28N2OS2/c1-5-22(6-2)25-19-13-9-17(10-14-19)21(24)18-11-15-20(16-12-18)26-23(7-3)8-4/h9-16H,5-8H2,1-4H3. The summed E-state index contributed by atoms with van der Waals surface area (Å²) < 4.78 is 4.56. The Labute approximate surface area is 166 Å². The van der Waals surface area contributed by atoms with Gasteiger partial charge in [0.25, 0.3) is 0 Å². The third-order valence-electron chi connectivity index (χ3n) is 4.11. The highest BCUT2D eigenvalue weighted by Gasteiger charge is 2.11. The first-order valence-corrected chi connectivity index (χ1v) is 10.8. The Kier molecular flexibility index (Phi) is 8.72. The Balaban J connectivity index is 2.04. The minimum absolute atomic E-state index is 0.0729. The first kappa shape index (κ1) is 21.0. The molecule has 140 valence electrons. The normalized spacial score (nSPS) is 11.3. The SMILES string of the molecule is CCN(CC)Sc1ccc(C(=O)c2ccc(SN(CC)CC)cc2)cc1. The van der Waals surface area contributed by atoms with Crippen LogP contribution in [0.3, 0.4) is 0 Å². The van der Waals surface area contributed by atoms with E-state index in [4.69, 9.17) is 0 Å². The van der Waals surface area contributed by atoms with Crippen LogP contribution in [0, 0.1) is 0 Å². The summed E-state index contributed by atoms with van der Waals surface area (Å²) in [5.74, 6) is 0.0729. The van der Waals surface area contributed by atoms with Crippen LogP contribution in [0.4, 0.5) is 0 Å². The molecule has 0 spiro atoms. The average molecular weight is 389 g/mol. The van der Waals surface area contributed by atoms with Crippen LogP contribution in [-0.4, -0.2) is 40.6 Å². The molecule has 0 saturated heterocycles. The highest BCUT2D eigenvalue weighted by atomic mass is 32.2. The predicted octanol–water partition coefficient (Wildman–Crippen LogP) is 5.62. The van der Waals surface area contributed by atoms with Crippen LogP contribution >= 0.6 is 23.9 Å². The number of nitrogens with zero attached hydrogens (tertiary/aromatic N) is 2. The zero-order chi connectivity index (χ0) is 18.9. The molecule has 0 N–H and O–H groups in total. The third kappa shape index (κ3) is 5.88. The smallest absolute Gasteiger partial charge is 0.193 e. The number of ketones is 1. The van der Waals surface area contributed by atoms with Crippen molar-refractivity contribution in [3.8, 4) is 0 Å². The maximum atomic E-state index is 12.7. The summed E-state index contributed by atoms with van der Waals surface area (Å²) >= 11 is 3.46. The number of benzene rings is 2. The topological polar surface area (TPSA) is 23.6 Å². The molecule has 2 rings (SSSR count). The van der Waals surface area contributed by atoms with Gasteiger partial charge in [-0.3, -0.25) is 4.79 Å². The van der Waals surface area contributed by atoms with E-state index in [1.54, 1.807) is 23.9 Å². The van der Waals surface area contributed by atoms with Gasteiger partial charge in [0, 0.05) is 47.1 Å². The summed E-state index contributed by atoms with van der Waals surface area (Å²) in [6.45, 7) is 12.6. The van der Waals surface area contributed by atoms with Gasteiger partial charge < -0.3 is 0 Å². The van der Waals surface area contributed by atoms with Gasteiger partial charge in [-0.2, -0.15) is 0 Å². The molecule has 0 aliphatic heterocycles. The fourth-order valence-electron chi connectivity index (χ4n) is 2.50. The minimum atomic E-state index is 0.0729. The van der Waals surface area contributed by atoms with Crippen molar-refractivity contribution in [3.63, 3.8) is 0 Å². The molecule has 0 aromatic heterocycles. The highest BCUT2D eigenvalue weighted by Crippen LogP contribution is 2.25. The molecule has 0 unspecified atom stereocenters. The Morgan fingerprint density at radius 3 is 1.23 bits per heavy atom. The van der Waals surface area contributed by atoms with Crippen molar-refractivity contribution in [1.29, 1.82) is 0 Å². The van der Waals surface area contributed by atoms with Crippen LogP contribution in [0.5, 0.6) is 0 Å². The second-order valence-corrected chi connectivity index (χ2v) is 8.13. The van der Waals surface area contributed by atoms with Crippen molar-refractivity contribution < 1.29 is 4.79 Å². The summed E-state index contributed by atoms with van der Waals surface area (Å²) in [4.78, 5) is 15.0. The number of hydrogen-bond donors (Lipinski definition) is 0. The van der Waals surface area contributed by atoms with E-state index in [2.05, 4.69) is 36.3 Å². The predicted molar refractivity (Wildman–Crippen MR) is 114 cm³/mol. The van der Waals surface area contributed by atoms with Crippen molar-refractivity contribution in [2.45, 2.75) is 37.5 Å². The number of hydrogen-bond acceptors (Lipinski definition) is 5. The Hall–Kier alpha value is -1.27. The lowest BCUT2D eigenvalue weighted by Gasteiger charge is -2.17. The molecular formula is C21H28N2OS2. The Morgan fingerprint density at radius 1 is 0.654 bits per heavy atom. The lowest BCUT2D eigenvalue weighted by molar-refractivity contribution is 0.103. The van der Waals surface area contributed by atoms with Gasteiger partial charge in [0.2, 0.25) is 0 Å². The maximum Gasteiger partial charge on any atom is 0.193 e. The summed E-state index contributed by atoms with van der Waals surface area (Å²) in [7, 11) is 0. The molecule has 0 aliphatic rings. The van der Waals surface area contributed by atoms with Gasteiger partial charge in [-0.05, 0) is 72.4 Å². The first-order chi connectivity index (χ1) is 12.6. The van der Waals surface area contributed by atoms with Crippen molar-refractivity contribution in [3.05, 3.63) is 59.7 Å². The van der Waals surface area contributed by atoms with Gasteiger partial charge in [0.1, 0.15) is 0 Å². The quantitative estimate of drug-likeness (QED) is 0.388. The van der Waals surface area contributed by atoms with Gasteiger partial charge in [0.15, 0.2) is 5.78 Å². The van der Waals surface area contributed by atoms with E-state index >= 15 is 0 Å². The second-order valence-electron chi connectivity index (χ2n) is 5.79. The lowest BCUT2D eigenvalue weighted by atomic mass is 10.0. The molecule has 0 radical (unpaired) electrons. The summed E-state index contributed by atoms with van der Waals surface area (Å²) in [6, 6.07) is 15.8. The van der Waals surface area contributed by atoms with Crippen LogP contribution < -0.4 is 0 Å². The van der Waals surface area contributed by atoms with Crippen molar-refractivity contribution in [1.82, 2.24) is 8.61 Å². The maximum absolute atomic E-state index is 12.7. The van der Waals surface area contributed by atoms with Crippen LogP contribution in [0.2, 0.25) is 0 Å². The van der Waals surface area contributed by atoms with Gasteiger partial charge >= 0.3 is 0 Å². The van der Waals surface area contributed by atoms with Gasteiger partial charge in [-0.25, -0.2) is 8.61 Å². The number of rotatable bonds is 10. The second kappa shape index (κ2) is 10.8. The zero-order valence-electron chi connectivity index (χ0n) is 16.1. The van der Waals surface area contributed by atoms with E-state index in [0.29, 0.717) is 0 Å². The fraction of sp³-hybridized carbons (Fsp3) is 0.381. The van der Waals surface area contributed by atoms with Crippen LogP contribution in [0.15, 0.2) is 58.3 Å². The molecule has 26 heavy (non-hydrogen) atoms. The first-order valence-electron chi connectivity index (χ1n) is 9.21. The largest absolute Gasteiger partial charge is 0.289 e. The lowest BCUT2D eigenvalue weighted by Crippen LogP contribution is -2.13. The molecule has 5 heteroatoms. The van der Waals surface area contributed by atoms with Gasteiger partial charge in [-0.1, -0.05) is 27.7 Å². The molecule has 0 atom stereocenters. The van der Waals surface area contributed by atoms with E-state index in [1.165, 1.54) is 0 Å². The summed E-state index contributed by atoms with van der Waals surface area (Å²) in [5.41, 5.74) is 1.47. The van der Waals surface area contributed by atoms with Crippen LogP contribution in [0.1, 0.15) is 43.6 Å². The summed E-state index contributed by atoms with van der Waals surface area (Å²) in [6.07, 6.45) is 0. The van der Waals surface area contributed by atoms with Crippen molar-refractivity contribution in [2.24, 2.45) is 0 Å². The third-order valence-corrected chi connectivity index (χ3v) is 6.63. The monoisotopic (exact) mass is 388 g/mol. The van der Waals surface area contributed by atoms with E-state index in [1.807, 2.05) is 48.5 Å². The van der Waals surface area contributed by atoms with Crippen molar-refractivity contribution >= 4 is 29.7 Å². The van der Waals surface area contributed by atoms with Gasteiger partial charge in [-0.15, -0.1) is 0 Å². The molecular weight excluding hydrogens is 360 g/mol. The van der Waals surface area contributed by atoms with Crippen LogP contribution in [0.25, 0.3) is 0 Å². The van der Waals surface area contributed by atoms with E-state index in [0.717, 1.165) is 47.1 Å². The average Bonchev–Trinajstić information content (AvgIpc) is 2.70. The Bertz CT molecular complexity index is 619. The minimum Gasteiger partial charge on any atom is -0.289 e. The molecule has 0 fully saturated rings. The van der Waals surface area contributed by atoms with Gasteiger partial charge in [0.05, 0.1) is 0 Å². The molecule has 0 heterocycles. The fourth-order valence-corrected chi connectivity index (χ4v) is 4.13. The van der Waals surface area contributed by atoms with E-state index < -0.39 is 0 Å². The summed E-state index contributed by atoms with van der Waals surface area (Å²) in [5, 5.41) is 0. The molecule has 0 aliphatic carbocycles. The molecule has 2 aromatic rings. The highest BCUT2D eigenvalue weighted by molar-refractivity contribution is 7.97. The van der Waals surface area contributed by atoms with E-state index in [9.17, 15) is 4.79 Å². The molecule has 0 bridgehead atoms. The molecule has 3 nitrogen and oxygen atoms in total. The molecule has 2 aromatic carbocycles. The number of carbonyl (C=O) groups is 1. The van der Waals surface area contributed by atoms with Crippen molar-refractivity contribution in [2.75, 3.05) is 26.2 Å². The van der Waals surface area contributed by atoms with E-state index in [-0.39, 0.29) is 5.78 Å². The van der Waals surface area contributed by atoms with Crippen LogP contribution in [-0.2, 0) is 0 Å². The zero-order valence-corrected chi connectivity index (χ0v) is 17.7. The molecule has 0 amide bonds. The Morgan fingerprint density at radius 2 is 0.962 bits per heavy atom. The molecule has 0 saturated carbocycles.